The van der Waals surface area contributed by atoms with Crippen LogP contribution in [0.4, 0.5) is 0 Å². The number of pyridine rings is 1. The van der Waals surface area contributed by atoms with Crippen molar-refractivity contribution in [3.05, 3.63) is 65.5 Å². The highest BCUT2D eigenvalue weighted by molar-refractivity contribution is 5.39. The van der Waals surface area contributed by atoms with Gasteiger partial charge < -0.3 is 5.32 Å². The summed E-state index contributed by atoms with van der Waals surface area (Å²) < 4.78 is 0. The minimum absolute atomic E-state index is 0.605. The lowest BCUT2D eigenvalue weighted by molar-refractivity contribution is 0.405. The van der Waals surface area contributed by atoms with Crippen molar-refractivity contribution in [3.8, 4) is 0 Å². The van der Waals surface area contributed by atoms with Gasteiger partial charge in [-0.3, -0.25) is 4.98 Å². The van der Waals surface area contributed by atoms with Crippen LogP contribution in [0.25, 0.3) is 0 Å². The summed E-state index contributed by atoms with van der Waals surface area (Å²) in [6, 6.07) is 13.7. The van der Waals surface area contributed by atoms with Crippen LogP contribution in [0, 0.1) is 0 Å². The number of nitrogens with one attached hydrogen (secondary N) is 1. The fraction of sp³-hybridized carbons (Fsp3) is 0.421. The van der Waals surface area contributed by atoms with Crippen LogP contribution in [0.1, 0.15) is 42.4 Å². The summed E-state index contributed by atoms with van der Waals surface area (Å²) in [5.74, 6) is 0.749. The zero-order valence-corrected chi connectivity index (χ0v) is 12.8. The van der Waals surface area contributed by atoms with E-state index in [4.69, 9.17) is 0 Å². The van der Waals surface area contributed by atoms with Gasteiger partial charge in [0.1, 0.15) is 0 Å². The minimum atomic E-state index is 0.605. The van der Waals surface area contributed by atoms with Gasteiger partial charge in [0, 0.05) is 18.4 Å². The maximum Gasteiger partial charge on any atom is 0.0299 e. The first-order chi connectivity index (χ1) is 10.4. The van der Waals surface area contributed by atoms with Crippen molar-refractivity contribution in [2.75, 3.05) is 6.54 Å². The van der Waals surface area contributed by atoms with E-state index in [0.717, 1.165) is 18.9 Å². The van der Waals surface area contributed by atoms with Crippen LogP contribution < -0.4 is 5.32 Å². The third-order valence-electron chi connectivity index (χ3n) is 4.53. The van der Waals surface area contributed by atoms with Gasteiger partial charge in [0.25, 0.3) is 0 Å². The summed E-state index contributed by atoms with van der Waals surface area (Å²) in [7, 11) is 0. The summed E-state index contributed by atoms with van der Waals surface area (Å²) in [6.45, 7) is 3.25. The Bertz CT molecular complexity index is 565. The maximum absolute atomic E-state index is 4.21. The molecular formula is C19H24N2. The molecule has 1 aromatic heterocycles. The summed E-state index contributed by atoms with van der Waals surface area (Å²) >= 11 is 0. The highest BCUT2D eigenvalue weighted by Crippen LogP contribution is 2.38. The molecule has 3 rings (SSSR count). The third-order valence-corrected chi connectivity index (χ3v) is 4.53. The molecule has 2 atom stereocenters. The summed E-state index contributed by atoms with van der Waals surface area (Å²) in [5, 5.41) is 3.66. The SMILES string of the molecule is CCNC(CCc1cccnc1)CC1Cc2ccccc21. The number of hydrogen-bond acceptors (Lipinski definition) is 2. The molecular weight excluding hydrogens is 256 g/mol. The van der Waals surface area contributed by atoms with E-state index < -0.39 is 0 Å². The molecule has 1 N–H and O–H groups in total. The minimum Gasteiger partial charge on any atom is -0.314 e. The molecule has 1 aliphatic rings. The maximum atomic E-state index is 4.21. The molecule has 2 nitrogen and oxygen atoms in total. The van der Waals surface area contributed by atoms with Crippen molar-refractivity contribution in [1.82, 2.24) is 10.3 Å². The van der Waals surface area contributed by atoms with Gasteiger partial charge in [0.15, 0.2) is 0 Å². The van der Waals surface area contributed by atoms with Crippen molar-refractivity contribution >= 4 is 0 Å². The van der Waals surface area contributed by atoms with Crippen molar-refractivity contribution in [3.63, 3.8) is 0 Å². The van der Waals surface area contributed by atoms with E-state index in [-0.39, 0.29) is 0 Å². The molecule has 21 heavy (non-hydrogen) atoms. The zero-order chi connectivity index (χ0) is 14.5. The molecule has 2 unspecified atom stereocenters. The van der Waals surface area contributed by atoms with E-state index >= 15 is 0 Å². The van der Waals surface area contributed by atoms with Gasteiger partial charge in [0.2, 0.25) is 0 Å². The number of aryl methyl sites for hydroxylation is 1. The van der Waals surface area contributed by atoms with E-state index in [1.807, 2.05) is 18.5 Å². The van der Waals surface area contributed by atoms with E-state index in [1.54, 1.807) is 11.1 Å². The number of benzene rings is 1. The van der Waals surface area contributed by atoms with Crippen LogP contribution in [-0.2, 0) is 12.8 Å². The molecule has 1 aromatic carbocycles. The Balaban J connectivity index is 1.56. The van der Waals surface area contributed by atoms with E-state index in [9.17, 15) is 0 Å². The number of fused-ring (bicyclic) bond motifs is 1. The monoisotopic (exact) mass is 280 g/mol. The second-order valence-corrected chi connectivity index (χ2v) is 5.99. The van der Waals surface area contributed by atoms with Crippen molar-refractivity contribution in [1.29, 1.82) is 0 Å². The lowest BCUT2D eigenvalue weighted by Crippen LogP contribution is -2.33. The second-order valence-electron chi connectivity index (χ2n) is 5.99. The van der Waals surface area contributed by atoms with Crippen LogP contribution in [0.2, 0.25) is 0 Å². The van der Waals surface area contributed by atoms with Crippen molar-refractivity contribution in [2.24, 2.45) is 0 Å². The standard InChI is InChI=1S/C19H24N2/c1-2-21-18(10-9-15-6-5-11-20-14-15)13-17-12-16-7-3-4-8-19(16)17/h3-8,11,14,17-18,21H,2,9-10,12-13H2,1H3. The fourth-order valence-corrected chi connectivity index (χ4v) is 3.40. The van der Waals surface area contributed by atoms with Gasteiger partial charge in [-0.1, -0.05) is 37.3 Å². The molecule has 0 fully saturated rings. The van der Waals surface area contributed by atoms with E-state index in [0.29, 0.717) is 6.04 Å². The largest absolute Gasteiger partial charge is 0.314 e. The Morgan fingerprint density at radius 3 is 2.90 bits per heavy atom. The average molecular weight is 280 g/mol. The van der Waals surface area contributed by atoms with Crippen molar-refractivity contribution in [2.45, 2.75) is 44.6 Å². The van der Waals surface area contributed by atoms with Gasteiger partial charge in [0.05, 0.1) is 0 Å². The van der Waals surface area contributed by atoms with Crippen LogP contribution >= 0.6 is 0 Å². The summed E-state index contributed by atoms with van der Waals surface area (Å²) in [4.78, 5) is 4.21. The zero-order valence-electron chi connectivity index (χ0n) is 12.8. The highest BCUT2D eigenvalue weighted by atomic mass is 14.9. The Hall–Kier alpha value is -1.67. The average Bonchev–Trinajstić information content (AvgIpc) is 2.51. The first-order valence-corrected chi connectivity index (χ1v) is 8.07. The summed E-state index contributed by atoms with van der Waals surface area (Å²) in [6.07, 6.45) is 8.65. The predicted molar refractivity (Wildman–Crippen MR) is 87.5 cm³/mol. The molecule has 0 spiro atoms. The first kappa shape index (κ1) is 14.3. The second kappa shape index (κ2) is 6.86. The van der Waals surface area contributed by atoms with Crippen LogP contribution in [-0.4, -0.2) is 17.6 Å². The first-order valence-electron chi connectivity index (χ1n) is 8.07. The van der Waals surface area contributed by atoms with Gasteiger partial charge in [-0.05, 0) is 60.9 Å². The lowest BCUT2D eigenvalue weighted by atomic mass is 9.74. The molecule has 0 amide bonds. The molecule has 0 radical (unpaired) electrons. The number of rotatable bonds is 7. The van der Waals surface area contributed by atoms with Gasteiger partial charge in [-0.25, -0.2) is 0 Å². The Morgan fingerprint density at radius 1 is 1.24 bits per heavy atom. The van der Waals surface area contributed by atoms with Crippen LogP contribution in [0.3, 0.4) is 0 Å². The number of nitrogens with zero attached hydrogens (tertiary/aromatic N) is 1. The highest BCUT2D eigenvalue weighted by Gasteiger charge is 2.27. The van der Waals surface area contributed by atoms with Crippen molar-refractivity contribution < 1.29 is 0 Å². The molecule has 1 heterocycles. The molecule has 2 aromatic rings. The fourth-order valence-electron chi connectivity index (χ4n) is 3.40. The quantitative estimate of drug-likeness (QED) is 0.836. The normalized spacial score (nSPS) is 17.9. The van der Waals surface area contributed by atoms with Crippen LogP contribution in [0.15, 0.2) is 48.8 Å². The van der Waals surface area contributed by atoms with E-state index in [2.05, 4.69) is 47.6 Å². The molecule has 0 saturated heterocycles. The third kappa shape index (κ3) is 3.51. The topological polar surface area (TPSA) is 24.9 Å². The van der Waals surface area contributed by atoms with Gasteiger partial charge in [-0.15, -0.1) is 0 Å². The molecule has 1 aliphatic carbocycles. The number of aromatic nitrogens is 1. The Kier molecular flexibility index (Phi) is 4.66. The summed E-state index contributed by atoms with van der Waals surface area (Å²) in [5.41, 5.74) is 4.46. The molecule has 0 saturated carbocycles. The lowest BCUT2D eigenvalue weighted by Gasteiger charge is -2.33. The van der Waals surface area contributed by atoms with Gasteiger partial charge >= 0.3 is 0 Å². The Labute approximate surface area is 127 Å². The Morgan fingerprint density at radius 2 is 2.14 bits per heavy atom. The smallest absolute Gasteiger partial charge is 0.0299 e. The molecule has 2 heteroatoms. The molecule has 0 bridgehead atoms. The molecule has 0 aliphatic heterocycles. The van der Waals surface area contributed by atoms with E-state index in [1.165, 1.54) is 24.8 Å². The van der Waals surface area contributed by atoms with Crippen LogP contribution in [0.5, 0.6) is 0 Å². The number of hydrogen-bond donors (Lipinski definition) is 1. The molecule has 110 valence electrons. The predicted octanol–water partition coefficient (Wildman–Crippen LogP) is 3.72. The van der Waals surface area contributed by atoms with Gasteiger partial charge in [-0.2, -0.15) is 0 Å².